The highest BCUT2D eigenvalue weighted by molar-refractivity contribution is 5.39. The van der Waals surface area contributed by atoms with E-state index in [9.17, 15) is 0 Å². The van der Waals surface area contributed by atoms with E-state index in [0.717, 1.165) is 18.9 Å². The maximum absolute atomic E-state index is 5.42. The molecule has 2 atom stereocenters. The van der Waals surface area contributed by atoms with Crippen molar-refractivity contribution in [2.24, 2.45) is 0 Å². The van der Waals surface area contributed by atoms with Gasteiger partial charge in [0.25, 0.3) is 0 Å². The molecule has 2 rings (SSSR count). The van der Waals surface area contributed by atoms with Crippen molar-refractivity contribution in [3.8, 4) is 0 Å². The Morgan fingerprint density at radius 3 is 2.67 bits per heavy atom. The minimum atomic E-state index is 0.148. The Morgan fingerprint density at radius 2 is 2.11 bits per heavy atom. The van der Waals surface area contributed by atoms with Crippen molar-refractivity contribution in [3.05, 3.63) is 23.9 Å². The van der Waals surface area contributed by atoms with E-state index in [1.54, 1.807) is 7.11 Å². The molecule has 0 saturated carbocycles. The maximum Gasteiger partial charge on any atom is 0.126 e. The zero-order chi connectivity index (χ0) is 13.2. The lowest BCUT2D eigenvalue weighted by Gasteiger charge is -2.21. The first-order valence-corrected chi connectivity index (χ1v) is 6.47. The lowest BCUT2D eigenvalue weighted by molar-refractivity contribution is 0.111. The lowest BCUT2D eigenvalue weighted by atomic mass is 9.88. The molecule has 100 valence electrons. The van der Waals surface area contributed by atoms with Crippen molar-refractivity contribution < 1.29 is 4.74 Å². The van der Waals surface area contributed by atoms with Crippen LogP contribution in [0.2, 0.25) is 0 Å². The second-order valence-corrected chi connectivity index (χ2v) is 5.87. The van der Waals surface area contributed by atoms with Crippen LogP contribution in [-0.2, 0) is 10.2 Å². The molecule has 1 aromatic rings. The number of methoxy groups -OCH3 is 1. The third-order valence-corrected chi connectivity index (χ3v) is 3.42. The Labute approximate surface area is 109 Å². The van der Waals surface area contributed by atoms with Crippen LogP contribution in [0.3, 0.4) is 0 Å². The van der Waals surface area contributed by atoms with Crippen molar-refractivity contribution in [1.29, 1.82) is 0 Å². The third-order valence-electron chi connectivity index (χ3n) is 3.42. The molecule has 1 fully saturated rings. The second-order valence-electron chi connectivity index (χ2n) is 5.87. The van der Waals surface area contributed by atoms with Crippen LogP contribution in [0.1, 0.15) is 26.3 Å². The fraction of sp³-hybridized carbons (Fsp3) is 0.643. The van der Waals surface area contributed by atoms with Crippen LogP contribution >= 0.6 is 0 Å². The van der Waals surface area contributed by atoms with Gasteiger partial charge in [-0.3, -0.25) is 0 Å². The predicted molar refractivity (Wildman–Crippen MR) is 74.0 cm³/mol. The Balaban J connectivity index is 2.02. The van der Waals surface area contributed by atoms with Gasteiger partial charge in [-0.25, -0.2) is 4.98 Å². The molecular formula is C14H23N3O. The van der Waals surface area contributed by atoms with Gasteiger partial charge in [0.1, 0.15) is 5.82 Å². The summed E-state index contributed by atoms with van der Waals surface area (Å²) < 4.78 is 5.42. The summed E-state index contributed by atoms with van der Waals surface area (Å²) in [6.45, 7) is 8.40. The van der Waals surface area contributed by atoms with E-state index in [2.05, 4.69) is 42.5 Å². The molecule has 1 unspecified atom stereocenters. The monoisotopic (exact) mass is 249 g/mol. The van der Waals surface area contributed by atoms with E-state index in [1.165, 1.54) is 5.56 Å². The smallest absolute Gasteiger partial charge is 0.126 e. The van der Waals surface area contributed by atoms with Gasteiger partial charge in [-0.05, 0) is 17.0 Å². The van der Waals surface area contributed by atoms with Crippen molar-refractivity contribution in [1.82, 2.24) is 10.3 Å². The van der Waals surface area contributed by atoms with Crippen LogP contribution < -0.4 is 10.6 Å². The van der Waals surface area contributed by atoms with E-state index < -0.39 is 0 Å². The van der Waals surface area contributed by atoms with Gasteiger partial charge < -0.3 is 15.4 Å². The Bertz CT molecular complexity index is 383. The number of pyridine rings is 1. The Kier molecular flexibility index (Phi) is 3.88. The molecule has 0 aliphatic carbocycles. The SMILES string of the molecule is CO[C@H]1CNCC1Nc1ccc(C(C)(C)C)cn1. The summed E-state index contributed by atoms with van der Waals surface area (Å²) in [6.07, 6.45) is 2.17. The quantitative estimate of drug-likeness (QED) is 0.857. The highest BCUT2D eigenvalue weighted by Crippen LogP contribution is 2.22. The van der Waals surface area contributed by atoms with Crippen LogP contribution in [0.4, 0.5) is 5.82 Å². The number of nitrogens with zero attached hydrogens (tertiary/aromatic N) is 1. The van der Waals surface area contributed by atoms with E-state index in [-0.39, 0.29) is 11.5 Å². The molecule has 4 nitrogen and oxygen atoms in total. The van der Waals surface area contributed by atoms with Gasteiger partial charge in [-0.15, -0.1) is 0 Å². The standard InChI is InChI=1S/C14H23N3O/c1-14(2,3)10-5-6-13(16-7-10)17-11-8-15-9-12(11)18-4/h5-7,11-12,15H,8-9H2,1-4H3,(H,16,17)/t11?,12-/m0/s1. The van der Waals surface area contributed by atoms with Crippen molar-refractivity contribution in [3.63, 3.8) is 0 Å². The number of hydrogen-bond acceptors (Lipinski definition) is 4. The molecule has 0 bridgehead atoms. The van der Waals surface area contributed by atoms with Crippen LogP contribution in [0.15, 0.2) is 18.3 Å². The van der Waals surface area contributed by atoms with Gasteiger partial charge in [0, 0.05) is 26.4 Å². The summed E-state index contributed by atoms with van der Waals surface area (Å²) in [6, 6.07) is 4.48. The normalized spacial score (nSPS) is 24.2. The fourth-order valence-electron chi connectivity index (χ4n) is 2.16. The second kappa shape index (κ2) is 5.24. The molecule has 1 aliphatic rings. The van der Waals surface area contributed by atoms with Crippen LogP contribution in [0.5, 0.6) is 0 Å². The van der Waals surface area contributed by atoms with Crippen molar-refractivity contribution in [2.75, 3.05) is 25.5 Å². The summed E-state index contributed by atoms with van der Waals surface area (Å²) in [5, 5.41) is 6.74. The molecule has 0 spiro atoms. The molecule has 0 radical (unpaired) electrons. The van der Waals surface area contributed by atoms with Gasteiger partial charge >= 0.3 is 0 Å². The first kappa shape index (κ1) is 13.3. The molecule has 4 heteroatoms. The van der Waals surface area contributed by atoms with E-state index >= 15 is 0 Å². The topological polar surface area (TPSA) is 46.2 Å². The predicted octanol–water partition coefficient (Wildman–Crippen LogP) is 1.78. The highest BCUT2D eigenvalue weighted by atomic mass is 16.5. The Hall–Kier alpha value is -1.13. The van der Waals surface area contributed by atoms with Gasteiger partial charge in [-0.1, -0.05) is 26.8 Å². The first-order chi connectivity index (χ1) is 8.50. The molecule has 1 aromatic heterocycles. The summed E-state index contributed by atoms with van der Waals surface area (Å²) in [5.41, 5.74) is 1.40. The number of nitrogens with one attached hydrogen (secondary N) is 2. The maximum atomic E-state index is 5.42. The molecule has 2 N–H and O–H groups in total. The molecule has 1 aliphatic heterocycles. The number of hydrogen-bond donors (Lipinski definition) is 2. The van der Waals surface area contributed by atoms with Crippen molar-refractivity contribution >= 4 is 5.82 Å². The van der Waals surface area contributed by atoms with Crippen molar-refractivity contribution in [2.45, 2.75) is 38.3 Å². The van der Waals surface area contributed by atoms with Crippen LogP contribution in [-0.4, -0.2) is 37.3 Å². The average Bonchev–Trinajstić information content (AvgIpc) is 2.76. The van der Waals surface area contributed by atoms with E-state index in [0.29, 0.717) is 6.04 Å². The lowest BCUT2D eigenvalue weighted by Crippen LogP contribution is -2.33. The molecule has 2 heterocycles. The Morgan fingerprint density at radius 1 is 1.33 bits per heavy atom. The molecular weight excluding hydrogens is 226 g/mol. The minimum absolute atomic E-state index is 0.148. The molecule has 0 aromatic carbocycles. The van der Waals surface area contributed by atoms with Gasteiger partial charge in [0.05, 0.1) is 12.1 Å². The number of aromatic nitrogens is 1. The van der Waals surface area contributed by atoms with Gasteiger partial charge in [0.2, 0.25) is 0 Å². The molecule has 0 amide bonds. The number of rotatable bonds is 3. The van der Waals surface area contributed by atoms with E-state index in [1.807, 2.05) is 12.3 Å². The zero-order valence-corrected chi connectivity index (χ0v) is 11.7. The highest BCUT2D eigenvalue weighted by Gasteiger charge is 2.26. The summed E-state index contributed by atoms with van der Waals surface area (Å²) >= 11 is 0. The van der Waals surface area contributed by atoms with E-state index in [4.69, 9.17) is 4.74 Å². The molecule has 1 saturated heterocycles. The minimum Gasteiger partial charge on any atom is -0.378 e. The van der Waals surface area contributed by atoms with Gasteiger partial charge in [-0.2, -0.15) is 0 Å². The number of ether oxygens (including phenoxy) is 1. The van der Waals surface area contributed by atoms with Crippen LogP contribution in [0, 0.1) is 0 Å². The third kappa shape index (κ3) is 3.00. The molecule has 18 heavy (non-hydrogen) atoms. The fourth-order valence-corrected chi connectivity index (χ4v) is 2.16. The van der Waals surface area contributed by atoms with Crippen LogP contribution in [0.25, 0.3) is 0 Å². The summed E-state index contributed by atoms with van der Waals surface area (Å²) in [7, 11) is 1.75. The average molecular weight is 249 g/mol. The number of anilines is 1. The summed E-state index contributed by atoms with van der Waals surface area (Å²) in [4.78, 5) is 4.48. The largest absolute Gasteiger partial charge is 0.378 e. The summed E-state index contributed by atoms with van der Waals surface area (Å²) in [5.74, 6) is 0.916. The zero-order valence-electron chi connectivity index (χ0n) is 11.7. The van der Waals surface area contributed by atoms with Gasteiger partial charge in [0.15, 0.2) is 0 Å². The first-order valence-electron chi connectivity index (χ1n) is 6.47.